The first-order valence-corrected chi connectivity index (χ1v) is 10.7. The summed E-state index contributed by atoms with van der Waals surface area (Å²) in [6.07, 6.45) is 8.05. The quantitative estimate of drug-likeness (QED) is 0.750. The molecule has 0 atom stereocenters. The largest absolute Gasteiger partial charge is 0.352 e. The molecule has 0 radical (unpaired) electrons. The van der Waals surface area contributed by atoms with E-state index in [1.807, 2.05) is 0 Å². The molecule has 1 aliphatic rings. The molecule has 0 aromatic heterocycles. The van der Waals surface area contributed by atoms with Gasteiger partial charge in [0.1, 0.15) is 5.82 Å². The molecule has 1 fully saturated rings. The molecule has 0 aliphatic heterocycles. The van der Waals surface area contributed by atoms with E-state index in [1.165, 1.54) is 29.3 Å². The summed E-state index contributed by atoms with van der Waals surface area (Å²) >= 11 is 0. The van der Waals surface area contributed by atoms with E-state index in [0.29, 0.717) is 6.42 Å². The number of carbonyl (C=O) groups is 1. The molecule has 1 aromatic carbocycles. The minimum atomic E-state index is -3.49. The standard InChI is InChI=1S/C18H27FN2O3S/c1-25(23,24)21(13-12-15-8-10-16(19)11-9-15)14-18(22)20-17-6-4-2-3-5-7-17/h8-11,17H,2-7,12-14H2,1H3,(H,20,22). The van der Waals surface area contributed by atoms with Gasteiger partial charge in [-0.2, -0.15) is 4.31 Å². The van der Waals surface area contributed by atoms with Crippen molar-refractivity contribution in [2.45, 2.75) is 51.0 Å². The zero-order valence-electron chi connectivity index (χ0n) is 14.7. The van der Waals surface area contributed by atoms with Crippen LogP contribution in [0.15, 0.2) is 24.3 Å². The lowest BCUT2D eigenvalue weighted by Crippen LogP contribution is -2.44. The third kappa shape index (κ3) is 7.12. The van der Waals surface area contributed by atoms with Crippen LogP contribution in [-0.2, 0) is 21.2 Å². The maximum Gasteiger partial charge on any atom is 0.235 e. The Kier molecular flexibility index (Phi) is 7.38. The molecule has 1 amide bonds. The van der Waals surface area contributed by atoms with Crippen molar-refractivity contribution >= 4 is 15.9 Å². The molecule has 0 bridgehead atoms. The maximum atomic E-state index is 12.9. The highest BCUT2D eigenvalue weighted by Gasteiger charge is 2.22. The van der Waals surface area contributed by atoms with E-state index in [4.69, 9.17) is 0 Å². The number of carbonyl (C=O) groups excluding carboxylic acids is 1. The molecule has 1 aliphatic carbocycles. The van der Waals surface area contributed by atoms with Gasteiger partial charge in [-0.15, -0.1) is 0 Å². The topological polar surface area (TPSA) is 66.5 Å². The van der Waals surface area contributed by atoms with Gasteiger partial charge in [-0.25, -0.2) is 12.8 Å². The molecule has 0 saturated heterocycles. The van der Waals surface area contributed by atoms with Crippen molar-refractivity contribution in [1.29, 1.82) is 0 Å². The third-order valence-corrected chi connectivity index (χ3v) is 5.82. The Labute approximate surface area is 149 Å². The first-order chi connectivity index (χ1) is 11.8. The maximum absolute atomic E-state index is 12.9. The van der Waals surface area contributed by atoms with Gasteiger partial charge in [0.25, 0.3) is 0 Å². The van der Waals surface area contributed by atoms with E-state index in [9.17, 15) is 17.6 Å². The lowest BCUT2D eigenvalue weighted by atomic mass is 10.1. The molecule has 0 spiro atoms. The fraction of sp³-hybridized carbons (Fsp3) is 0.611. The molecule has 1 N–H and O–H groups in total. The number of amides is 1. The molecule has 140 valence electrons. The van der Waals surface area contributed by atoms with E-state index < -0.39 is 10.0 Å². The second kappa shape index (κ2) is 9.29. The van der Waals surface area contributed by atoms with Crippen LogP contribution >= 0.6 is 0 Å². The van der Waals surface area contributed by atoms with Crippen LogP contribution in [0.1, 0.15) is 44.1 Å². The summed E-state index contributed by atoms with van der Waals surface area (Å²) in [4.78, 5) is 12.3. The molecule has 0 unspecified atom stereocenters. The Balaban J connectivity index is 1.90. The summed E-state index contributed by atoms with van der Waals surface area (Å²) < 4.78 is 38.1. The van der Waals surface area contributed by atoms with Gasteiger partial charge in [0.05, 0.1) is 12.8 Å². The van der Waals surface area contributed by atoms with Crippen LogP contribution in [0.2, 0.25) is 0 Å². The van der Waals surface area contributed by atoms with Gasteiger partial charge in [-0.1, -0.05) is 37.8 Å². The Bertz CT molecular complexity index is 653. The minimum Gasteiger partial charge on any atom is -0.352 e. The average molecular weight is 370 g/mol. The summed E-state index contributed by atoms with van der Waals surface area (Å²) in [5, 5.41) is 2.97. The fourth-order valence-electron chi connectivity index (χ4n) is 3.12. The Morgan fingerprint density at radius 3 is 2.32 bits per heavy atom. The fourth-order valence-corrected chi connectivity index (χ4v) is 3.90. The van der Waals surface area contributed by atoms with Crippen LogP contribution in [0.3, 0.4) is 0 Å². The van der Waals surface area contributed by atoms with E-state index in [0.717, 1.165) is 37.5 Å². The van der Waals surface area contributed by atoms with Crippen molar-refractivity contribution in [2.24, 2.45) is 0 Å². The lowest BCUT2D eigenvalue weighted by Gasteiger charge is -2.22. The number of rotatable bonds is 7. The van der Waals surface area contributed by atoms with Crippen molar-refractivity contribution in [2.75, 3.05) is 19.3 Å². The number of benzene rings is 1. The minimum absolute atomic E-state index is 0.147. The van der Waals surface area contributed by atoms with Gasteiger partial charge in [0.15, 0.2) is 0 Å². The van der Waals surface area contributed by atoms with Gasteiger partial charge in [0, 0.05) is 12.6 Å². The highest BCUT2D eigenvalue weighted by molar-refractivity contribution is 7.88. The van der Waals surface area contributed by atoms with E-state index in [1.54, 1.807) is 12.1 Å². The van der Waals surface area contributed by atoms with Crippen LogP contribution in [0.25, 0.3) is 0 Å². The van der Waals surface area contributed by atoms with Gasteiger partial charge < -0.3 is 5.32 Å². The smallest absolute Gasteiger partial charge is 0.235 e. The molecular formula is C18H27FN2O3S. The second-order valence-corrected chi connectivity index (χ2v) is 8.71. The lowest BCUT2D eigenvalue weighted by molar-refractivity contribution is -0.122. The molecule has 5 nitrogen and oxygen atoms in total. The monoisotopic (exact) mass is 370 g/mol. The van der Waals surface area contributed by atoms with Crippen molar-refractivity contribution < 1.29 is 17.6 Å². The number of halogens is 1. The van der Waals surface area contributed by atoms with E-state index in [2.05, 4.69) is 5.32 Å². The summed E-state index contributed by atoms with van der Waals surface area (Å²) in [7, 11) is -3.49. The average Bonchev–Trinajstić information content (AvgIpc) is 2.80. The number of hydrogen-bond donors (Lipinski definition) is 1. The molecule has 2 rings (SSSR count). The van der Waals surface area contributed by atoms with Crippen LogP contribution in [0.5, 0.6) is 0 Å². The third-order valence-electron chi connectivity index (χ3n) is 4.57. The highest BCUT2D eigenvalue weighted by Crippen LogP contribution is 2.17. The van der Waals surface area contributed by atoms with Crippen molar-refractivity contribution in [1.82, 2.24) is 9.62 Å². The Morgan fingerprint density at radius 1 is 1.16 bits per heavy atom. The van der Waals surface area contributed by atoms with Crippen LogP contribution in [0.4, 0.5) is 4.39 Å². The molecule has 25 heavy (non-hydrogen) atoms. The first-order valence-electron chi connectivity index (χ1n) is 8.83. The van der Waals surface area contributed by atoms with Crippen molar-refractivity contribution in [3.05, 3.63) is 35.6 Å². The van der Waals surface area contributed by atoms with Crippen molar-refractivity contribution in [3.8, 4) is 0 Å². The number of sulfonamides is 1. The first kappa shape index (κ1) is 19.8. The number of hydrogen-bond acceptors (Lipinski definition) is 3. The van der Waals surface area contributed by atoms with Gasteiger partial charge >= 0.3 is 0 Å². The second-order valence-electron chi connectivity index (χ2n) is 6.73. The molecular weight excluding hydrogens is 343 g/mol. The Morgan fingerprint density at radius 2 is 1.76 bits per heavy atom. The molecule has 1 aromatic rings. The van der Waals surface area contributed by atoms with Crippen LogP contribution in [0, 0.1) is 5.82 Å². The van der Waals surface area contributed by atoms with E-state index in [-0.39, 0.29) is 30.9 Å². The summed E-state index contributed by atoms with van der Waals surface area (Å²) in [5.74, 6) is -0.581. The van der Waals surface area contributed by atoms with Gasteiger partial charge in [0.2, 0.25) is 15.9 Å². The van der Waals surface area contributed by atoms with Crippen LogP contribution < -0.4 is 5.32 Å². The number of nitrogens with zero attached hydrogens (tertiary/aromatic N) is 1. The predicted octanol–water partition coefficient (Wildman–Crippen LogP) is 2.47. The molecule has 0 heterocycles. The van der Waals surface area contributed by atoms with Gasteiger partial charge in [-0.05, 0) is 37.0 Å². The highest BCUT2D eigenvalue weighted by atomic mass is 32.2. The zero-order valence-corrected chi connectivity index (χ0v) is 15.5. The Hall–Kier alpha value is -1.47. The number of nitrogens with one attached hydrogen (secondary N) is 1. The van der Waals surface area contributed by atoms with E-state index >= 15 is 0 Å². The van der Waals surface area contributed by atoms with Crippen LogP contribution in [-0.4, -0.2) is 44.0 Å². The summed E-state index contributed by atoms with van der Waals surface area (Å²) in [5.41, 5.74) is 0.833. The van der Waals surface area contributed by atoms with Gasteiger partial charge in [-0.3, -0.25) is 4.79 Å². The zero-order chi connectivity index (χ0) is 18.3. The predicted molar refractivity (Wildman–Crippen MR) is 96.2 cm³/mol. The van der Waals surface area contributed by atoms with Crippen molar-refractivity contribution in [3.63, 3.8) is 0 Å². The molecule has 7 heteroatoms. The summed E-state index contributed by atoms with van der Waals surface area (Å²) in [6.45, 7) is 0.0269. The molecule has 1 saturated carbocycles. The SMILES string of the molecule is CS(=O)(=O)N(CCc1ccc(F)cc1)CC(=O)NC1CCCCCC1. The normalized spacial score (nSPS) is 16.6. The summed E-state index contributed by atoms with van der Waals surface area (Å²) in [6, 6.07) is 6.09.